The van der Waals surface area contributed by atoms with Gasteiger partial charge in [-0.05, 0) is 23.2 Å². The van der Waals surface area contributed by atoms with Gasteiger partial charge in [0.2, 0.25) is 0 Å². The molecule has 0 bridgehead atoms. The van der Waals surface area contributed by atoms with Crippen LogP contribution in [0, 0.1) is 0 Å². The van der Waals surface area contributed by atoms with Crippen LogP contribution in [0.4, 0.5) is 11.5 Å². The summed E-state index contributed by atoms with van der Waals surface area (Å²) in [5.41, 5.74) is 9.62. The van der Waals surface area contributed by atoms with Crippen LogP contribution >= 0.6 is 0 Å². The fraction of sp³-hybridized carbons (Fsp3) is 0.182. The summed E-state index contributed by atoms with van der Waals surface area (Å²) in [6, 6.07) is 10.5. The van der Waals surface area contributed by atoms with E-state index < -0.39 is 13.0 Å². The molecule has 10 nitrogen and oxygen atoms in total. The molecule has 0 saturated carbocycles. The molecule has 4 aromatic rings. The third-order valence-corrected chi connectivity index (χ3v) is 5.77. The van der Waals surface area contributed by atoms with Crippen molar-refractivity contribution in [1.29, 1.82) is 0 Å². The van der Waals surface area contributed by atoms with Gasteiger partial charge < -0.3 is 26.0 Å². The number of pyridine rings is 1. The van der Waals surface area contributed by atoms with E-state index in [1.54, 1.807) is 47.1 Å². The number of carbonyl (C=O) groups is 1. The lowest BCUT2D eigenvalue weighted by Gasteiger charge is -2.17. The van der Waals surface area contributed by atoms with E-state index in [1.165, 1.54) is 0 Å². The maximum Gasteiger partial charge on any atom is 0.488 e. The molecular formula is C22H22BN7O3. The SMILES string of the molecule is CN1CCc2nc(-c3ncc4c(C(N)=O)cccn34)nc(NCc3cccc(B(O)O)c3)c21. The molecule has 0 atom stereocenters. The Morgan fingerprint density at radius 2 is 2.09 bits per heavy atom. The van der Waals surface area contributed by atoms with Gasteiger partial charge in [-0.15, -0.1) is 0 Å². The second-order valence-electron chi connectivity index (χ2n) is 7.96. The van der Waals surface area contributed by atoms with Gasteiger partial charge in [-0.2, -0.15) is 0 Å². The fourth-order valence-corrected chi connectivity index (χ4v) is 4.13. The molecule has 5 N–H and O–H groups in total. The molecule has 0 radical (unpaired) electrons. The first-order valence-corrected chi connectivity index (χ1v) is 10.5. The van der Waals surface area contributed by atoms with Crippen molar-refractivity contribution in [1.82, 2.24) is 19.4 Å². The summed E-state index contributed by atoms with van der Waals surface area (Å²) in [6.45, 7) is 1.26. The second kappa shape index (κ2) is 8.19. The van der Waals surface area contributed by atoms with Crippen molar-refractivity contribution in [3.63, 3.8) is 0 Å². The maximum absolute atomic E-state index is 11.8. The van der Waals surface area contributed by atoms with Crippen LogP contribution < -0.4 is 21.4 Å². The summed E-state index contributed by atoms with van der Waals surface area (Å²) in [6.07, 6.45) is 4.17. The number of nitrogens with zero attached hydrogens (tertiary/aromatic N) is 5. The quantitative estimate of drug-likeness (QED) is 0.309. The number of rotatable bonds is 6. The zero-order valence-electron chi connectivity index (χ0n) is 17.9. The highest BCUT2D eigenvalue weighted by atomic mass is 16.4. The van der Waals surface area contributed by atoms with Crippen LogP contribution in [0.3, 0.4) is 0 Å². The molecule has 166 valence electrons. The Kier molecular flexibility index (Phi) is 5.19. The van der Waals surface area contributed by atoms with Crippen LogP contribution in [0.1, 0.15) is 21.6 Å². The average Bonchev–Trinajstić information content (AvgIpc) is 3.41. The first-order valence-electron chi connectivity index (χ1n) is 10.5. The number of fused-ring (bicyclic) bond motifs is 2. The molecule has 5 rings (SSSR count). The van der Waals surface area contributed by atoms with Crippen molar-refractivity contribution in [2.45, 2.75) is 13.0 Å². The van der Waals surface area contributed by atoms with Crippen LogP contribution in [0.25, 0.3) is 17.2 Å². The number of imidazole rings is 1. The van der Waals surface area contributed by atoms with Crippen molar-refractivity contribution >= 4 is 35.5 Å². The normalized spacial score (nSPS) is 12.8. The van der Waals surface area contributed by atoms with E-state index in [4.69, 9.17) is 15.7 Å². The van der Waals surface area contributed by atoms with Gasteiger partial charge >= 0.3 is 7.12 Å². The molecule has 0 fully saturated rings. The van der Waals surface area contributed by atoms with E-state index in [0.29, 0.717) is 40.6 Å². The van der Waals surface area contributed by atoms with Crippen molar-refractivity contribution in [3.8, 4) is 11.6 Å². The third-order valence-electron chi connectivity index (χ3n) is 5.77. The van der Waals surface area contributed by atoms with Crippen LogP contribution in [-0.4, -0.2) is 56.0 Å². The standard InChI is InChI=1S/C22H22BN7O3/c1-29-9-7-16-18(29)20(25-11-13-4-2-5-14(10-13)23(32)33)28-21(27-16)22-26-12-17-15(19(24)31)6-3-8-30(17)22/h2-6,8,10,12,32-33H,7,9,11H2,1H3,(H2,24,31)(H,25,27,28). The molecule has 11 heteroatoms. The Balaban J connectivity index is 1.55. The minimum absolute atomic E-state index is 0.376. The van der Waals surface area contributed by atoms with E-state index in [-0.39, 0.29) is 0 Å². The Hall–Kier alpha value is -3.96. The molecular weight excluding hydrogens is 421 g/mol. The van der Waals surface area contributed by atoms with Gasteiger partial charge in [0.1, 0.15) is 5.69 Å². The van der Waals surface area contributed by atoms with Gasteiger partial charge in [0.15, 0.2) is 17.5 Å². The Labute approximate surface area is 189 Å². The number of hydrogen-bond acceptors (Lipinski definition) is 8. The molecule has 0 unspecified atom stereocenters. The number of nitrogens with two attached hydrogens (primary N) is 1. The first kappa shape index (κ1) is 20.9. The van der Waals surface area contributed by atoms with Crippen molar-refractivity contribution in [2.24, 2.45) is 5.73 Å². The second-order valence-corrected chi connectivity index (χ2v) is 7.96. The summed E-state index contributed by atoms with van der Waals surface area (Å²) in [5.74, 6) is 1.08. The molecule has 3 aromatic heterocycles. The maximum atomic E-state index is 11.8. The number of likely N-dealkylation sites (N-methyl/N-ethyl adjacent to an activating group) is 1. The Bertz CT molecular complexity index is 1370. The molecule has 33 heavy (non-hydrogen) atoms. The van der Waals surface area contributed by atoms with E-state index in [9.17, 15) is 14.8 Å². The third kappa shape index (κ3) is 3.77. The van der Waals surface area contributed by atoms with Crippen LogP contribution in [-0.2, 0) is 13.0 Å². The number of nitrogens with one attached hydrogen (secondary N) is 1. The molecule has 0 saturated heterocycles. The van der Waals surface area contributed by atoms with Crippen molar-refractivity contribution in [2.75, 3.05) is 23.8 Å². The summed E-state index contributed by atoms with van der Waals surface area (Å²) < 4.78 is 1.76. The summed E-state index contributed by atoms with van der Waals surface area (Å²) >= 11 is 0. The lowest BCUT2D eigenvalue weighted by Crippen LogP contribution is -2.30. The average molecular weight is 443 g/mol. The molecule has 1 aliphatic rings. The Morgan fingerprint density at radius 3 is 2.88 bits per heavy atom. The van der Waals surface area contributed by atoms with E-state index in [0.717, 1.165) is 29.9 Å². The zero-order chi connectivity index (χ0) is 23.1. The van der Waals surface area contributed by atoms with E-state index >= 15 is 0 Å². The van der Waals surface area contributed by atoms with E-state index in [2.05, 4.69) is 15.2 Å². The minimum Gasteiger partial charge on any atom is -0.423 e. The highest BCUT2D eigenvalue weighted by molar-refractivity contribution is 6.58. The number of carbonyl (C=O) groups excluding carboxylic acids is 1. The largest absolute Gasteiger partial charge is 0.488 e. The predicted octanol–water partition coefficient (Wildman–Crippen LogP) is 0.174. The molecule has 4 heterocycles. The molecule has 1 amide bonds. The molecule has 0 aliphatic carbocycles. The topological polar surface area (TPSA) is 142 Å². The monoisotopic (exact) mass is 443 g/mol. The van der Waals surface area contributed by atoms with E-state index in [1.807, 2.05) is 13.1 Å². The molecule has 1 aliphatic heterocycles. The molecule has 1 aromatic carbocycles. The van der Waals surface area contributed by atoms with Gasteiger partial charge in [0, 0.05) is 32.8 Å². The van der Waals surface area contributed by atoms with Crippen LogP contribution in [0.2, 0.25) is 0 Å². The van der Waals surface area contributed by atoms with Crippen LogP contribution in [0.15, 0.2) is 48.8 Å². The zero-order valence-corrected chi connectivity index (χ0v) is 17.9. The van der Waals surface area contributed by atoms with Crippen molar-refractivity contribution in [3.05, 3.63) is 65.6 Å². The lowest BCUT2D eigenvalue weighted by atomic mass is 9.80. The first-order chi connectivity index (χ1) is 15.9. The van der Waals surface area contributed by atoms with Crippen molar-refractivity contribution < 1.29 is 14.8 Å². The van der Waals surface area contributed by atoms with Gasteiger partial charge in [-0.3, -0.25) is 9.20 Å². The lowest BCUT2D eigenvalue weighted by molar-refractivity contribution is 0.100. The fourth-order valence-electron chi connectivity index (χ4n) is 4.13. The minimum atomic E-state index is -1.52. The number of hydrogen-bond donors (Lipinski definition) is 4. The van der Waals surface area contributed by atoms with Gasteiger partial charge in [0.05, 0.1) is 23.0 Å². The number of aromatic nitrogens is 4. The van der Waals surface area contributed by atoms with Gasteiger partial charge in [0.25, 0.3) is 5.91 Å². The van der Waals surface area contributed by atoms with Gasteiger partial charge in [-0.1, -0.05) is 24.3 Å². The predicted molar refractivity (Wildman–Crippen MR) is 125 cm³/mol. The smallest absolute Gasteiger partial charge is 0.423 e. The number of anilines is 2. The summed E-state index contributed by atoms with van der Waals surface area (Å²) in [4.78, 5) is 27.9. The Morgan fingerprint density at radius 1 is 1.24 bits per heavy atom. The highest BCUT2D eigenvalue weighted by Gasteiger charge is 2.25. The number of amides is 1. The summed E-state index contributed by atoms with van der Waals surface area (Å²) in [7, 11) is 0.470. The van der Waals surface area contributed by atoms with Crippen LogP contribution in [0.5, 0.6) is 0 Å². The number of benzene rings is 1. The summed E-state index contributed by atoms with van der Waals surface area (Å²) in [5, 5.41) is 22.3. The number of primary amides is 1. The highest BCUT2D eigenvalue weighted by Crippen LogP contribution is 2.34. The molecule has 0 spiro atoms. The van der Waals surface area contributed by atoms with Gasteiger partial charge in [-0.25, -0.2) is 15.0 Å².